The molecule has 4 nitrogen and oxygen atoms in total. The fourth-order valence-corrected chi connectivity index (χ4v) is 3.44. The molecule has 0 amide bonds. The summed E-state index contributed by atoms with van der Waals surface area (Å²) in [5.41, 5.74) is 2.88. The van der Waals surface area contributed by atoms with E-state index < -0.39 is 5.97 Å². The number of carboxylic acids is 1. The molecule has 140 valence electrons. The van der Waals surface area contributed by atoms with Crippen molar-refractivity contribution in [1.29, 1.82) is 0 Å². The van der Waals surface area contributed by atoms with E-state index in [-0.39, 0.29) is 12.4 Å². The molecule has 0 unspecified atom stereocenters. The summed E-state index contributed by atoms with van der Waals surface area (Å²) < 4.78 is 5.09. The summed E-state index contributed by atoms with van der Waals surface area (Å²) >= 11 is 0. The predicted molar refractivity (Wildman–Crippen MR) is 105 cm³/mol. The number of carbonyl (C=O) groups excluding carboxylic acids is 1. The largest absolute Gasteiger partial charge is 0.482 e. The number of ketones is 1. The minimum Gasteiger partial charge on any atom is -0.482 e. The average molecular weight is 364 g/mol. The zero-order valence-corrected chi connectivity index (χ0v) is 15.3. The molecular weight excluding hydrogens is 340 g/mol. The van der Waals surface area contributed by atoms with Crippen LogP contribution in [0.15, 0.2) is 54.6 Å². The van der Waals surface area contributed by atoms with Gasteiger partial charge in [-0.1, -0.05) is 61.7 Å². The quantitative estimate of drug-likeness (QED) is 0.549. The number of aliphatic carboxylic acids is 1. The third kappa shape index (κ3) is 5.55. The Kier molecular flexibility index (Phi) is 6.42. The summed E-state index contributed by atoms with van der Waals surface area (Å²) in [5, 5.41) is 8.60. The molecule has 0 aliphatic heterocycles. The van der Waals surface area contributed by atoms with Crippen LogP contribution in [0.3, 0.4) is 0 Å². The highest BCUT2D eigenvalue weighted by Crippen LogP contribution is 2.32. The van der Waals surface area contributed by atoms with Crippen LogP contribution >= 0.6 is 0 Å². The monoisotopic (exact) mass is 364 g/mol. The van der Waals surface area contributed by atoms with Gasteiger partial charge in [-0.05, 0) is 48.1 Å². The van der Waals surface area contributed by atoms with Crippen molar-refractivity contribution in [2.45, 2.75) is 38.0 Å². The lowest BCUT2D eigenvalue weighted by Crippen LogP contribution is -2.09. The summed E-state index contributed by atoms with van der Waals surface area (Å²) in [4.78, 5) is 22.9. The van der Waals surface area contributed by atoms with Crippen molar-refractivity contribution in [2.24, 2.45) is 0 Å². The molecule has 2 aromatic carbocycles. The van der Waals surface area contributed by atoms with Crippen molar-refractivity contribution in [1.82, 2.24) is 0 Å². The number of hydrogen-bond donors (Lipinski definition) is 1. The molecule has 0 saturated heterocycles. The van der Waals surface area contributed by atoms with Crippen LogP contribution < -0.4 is 4.74 Å². The van der Waals surface area contributed by atoms with Gasteiger partial charge < -0.3 is 9.84 Å². The summed E-state index contributed by atoms with van der Waals surface area (Å²) in [6, 6.07) is 15.0. The maximum atomic E-state index is 12.4. The van der Waals surface area contributed by atoms with Crippen molar-refractivity contribution in [3.63, 3.8) is 0 Å². The van der Waals surface area contributed by atoms with E-state index in [1.54, 1.807) is 36.4 Å². The Balaban J connectivity index is 1.58. The molecule has 3 rings (SSSR count). The highest BCUT2D eigenvalue weighted by molar-refractivity contribution is 6.06. The third-order valence-corrected chi connectivity index (χ3v) is 4.94. The third-order valence-electron chi connectivity index (χ3n) is 4.94. The number of allylic oxidation sites excluding steroid dienone is 1. The lowest BCUT2D eigenvalue weighted by Gasteiger charge is -2.21. The molecule has 1 fully saturated rings. The van der Waals surface area contributed by atoms with Gasteiger partial charge in [0, 0.05) is 5.56 Å². The first kappa shape index (κ1) is 18.9. The Bertz CT molecular complexity index is 797. The van der Waals surface area contributed by atoms with Crippen LogP contribution in [-0.4, -0.2) is 23.5 Å². The standard InChI is InChI=1S/C23H24O4/c24-22(15-8-17-6-13-21(14-7-17)27-16-23(25)26)20-11-9-19(10-12-20)18-4-2-1-3-5-18/h6-15,18H,1-5,16H2,(H,25,26). The summed E-state index contributed by atoms with van der Waals surface area (Å²) in [6.07, 6.45) is 9.74. The number of carbonyl (C=O) groups is 2. The van der Waals surface area contributed by atoms with Crippen LogP contribution in [0.2, 0.25) is 0 Å². The fraction of sp³-hybridized carbons (Fsp3) is 0.304. The molecule has 0 aromatic heterocycles. The van der Waals surface area contributed by atoms with Gasteiger partial charge in [0.25, 0.3) is 0 Å². The van der Waals surface area contributed by atoms with E-state index in [0.717, 1.165) is 5.56 Å². The first-order valence-corrected chi connectivity index (χ1v) is 9.39. The van der Waals surface area contributed by atoms with Crippen molar-refractivity contribution >= 4 is 17.8 Å². The maximum absolute atomic E-state index is 12.4. The molecular formula is C23H24O4. The maximum Gasteiger partial charge on any atom is 0.341 e. The Labute approximate surface area is 159 Å². The van der Waals surface area contributed by atoms with Gasteiger partial charge in [-0.15, -0.1) is 0 Å². The summed E-state index contributed by atoms with van der Waals surface area (Å²) in [7, 11) is 0. The molecule has 0 atom stereocenters. The molecule has 0 bridgehead atoms. The lowest BCUT2D eigenvalue weighted by molar-refractivity contribution is -0.139. The van der Waals surface area contributed by atoms with E-state index in [4.69, 9.17) is 9.84 Å². The van der Waals surface area contributed by atoms with Gasteiger partial charge in [0.05, 0.1) is 0 Å². The van der Waals surface area contributed by atoms with Crippen LogP contribution in [0.1, 0.15) is 59.5 Å². The minimum atomic E-state index is -1.01. The normalized spacial score (nSPS) is 15.0. The van der Waals surface area contributed by atoms with E-state index in [2.05, 4.69) is 12.1 Å². The molecule has 0 heterocycles. The molecule has 2 aromatic rings. The first-order chi connectivity index (χ1) is 13.1. The van der Waals surface area contributed by atoms with Gasteiger partial charge in [0.1, 0.15) is 5.75 Å². The number of benzene rings is 2. The lowest BCUT2D eigenvalue weighted by atomic mass is 9.84. The Morgan fingerprint density at radius 1 is 0.963 bits per heavy atom. The molecule has 1 aliphatic carbocycles. The SMILES string of the molecule is O=C(O)COc1ccc(C=CC(=O)c2ccc(C3CCCCC3)cc2)cc1. The van der Waals surface area contributed by atoms with E-state index in [0.29, 0.717) is 17.2 Å². The minimum absolute atomic E-state index is 0.0311. The second kappa shape index (κ2) is 9.17. The molecule has 27 heavy (non-hydrogen) atoms. The van der Waals surface area contributed by atoms with Crippen molar-refractivity contribution < 1.29 is 19.4 Å². The second-order valence-electron chi connectivity index (χ2n) is 6.91. The zero-order valence-electron chi connectivity index (χ0n) is 15.3. The van der Waals surface area contributed by atoms with E-state index in [1.807, 2.05) is 12.1 Å². The Morgan fingerprint density at radius 2 is 1.63 bits per heavy atom. The van der Waals surface area contributed by atoms with E-state index in [9.17, 15) is 9.59 Å². The summed E-state index contributed by atoms with van der Waals surface area (Å²) in [5.74, 6) is 0.0787. The first-order valence-electron chi connectivity index (χ1n) is 9.39. The molecule has 0 spiro atoms. The van der Waals surface area contributed by atoms with Crippen molar-refractivity contribution in [3.8, 4) is 5.75 Å². The molecule has 1 saturated carbocycles. The van der Waals surface area contributed by atoms with Crippen LogP contribution in [-0.2, 0) is 4.79 Å². The van der Waals surface area contributed by atoms with Crippen molar-refractivity contribution in [3.05, 3.63) is 71.3 Å². The highest BCUT2D eigenvalue weighted by atomic mass is 16.5. The number of hydrogen-bond acceptors (Lipinski definition) is 3. The number of carboxylic acid groups (broad SMARTS) is 1. The molecule has 1 N–H and O–H groups in total. The highest BCUT2D eigenvalue weighted by Gasteiger charge is 2.15. The smallest absolute Gasteiger partial charge is 0.341 e. The topological polar surface area (TPSA) is 63.6 Å². The van der Waals surface area contributed by atoms with Crippen LogP contribution in [0.4, 0.5) is 0 Å². The predicted octanol–water partition coefficient (Wildman–Crippen LogP) is 5.09. The van der Waals surface area contributed by atoms with Gasteiger partial charge in [0.15, 0.2) is 12.4 Å². The zero-order chi connectivity index (χ0) is 19.1. The van der Waals surface area contributed by atoms with Gasteiger partial charge in [-0.3, -0.25) is 4.79 Å². The number of rotatable bonds is 7. The average Bonchev–Trinajstić information content (AvgIpc) is 2.72. The van der Waals surface area contributed by atoms with Gasteiger partial charge >= 0.3 is 5.97 Å². The van der Waals surface area contributed by atoms with E-state index in [1.165, 1.54) is 37.7 Å². The second-order valence-corrected chi connectivity index (χ2v) is 6.91. The van der Waals surface area contributed by atoms with Gasteiger partial charge in [-0.2, -0.15) is 0 Å². The number of ether oxygens (including phenoxy) is 1. The molecule has 1 aliphatic rings. The van der Waals surface area contributed by atoms with Gasteiger partial charge in [0.2, 0.25) is 0 Å². The van der Waals surface area contributed by atoms with Crippen LogP contribution in [0.25, 0.3) is 6.08 Å². The molecule has 0 radical (unpaired) electrons. The Hall–Kier alpha value is -2.88. The van der Waals surface area contributed by atoms with E-state index >= 15 is 0 Å². The summed E-state index contributed by atoms with van der Waals surface area (Å²) in [6.45, 7) is -0.371. The molecule has 4 heteroatoms. The van der Waals surface area contributed by atoms with Crippen molar-refractivity contribution in [2.75, 3.05) is 6.61 Å². The van der Waals surface area contributed by atoms with Gasteiger partial charge in [-0.25, -0.2) is 4.79 Å². The Morgan fingerprint density at radius 3 is 2.26 bits per heavy atom. The van der Waals surface area contributed by atoms with Crippen LogP contribution in [0.5, 0.6) is 5.75 Å². The fourth-order valence-electron chi connectivity index (χ4n) is 3.44. The van der Waals surface area contributed by atoms with Crippen LogP contribution in [0, 0.1) is 0 Å².